The van der Waals surface area contributed by atoms with E-state index in [1.807, 2.05) is 6.26 Å². The van der Waals surface area contributed by atoms with Gasteiger partial charge in [-0.3, -0.25) is 19.2 Å². The van der Waals surface area contributed by atoms with Gasteiger partial charge < -0.3 is 32.1 Å². The second-order valence-corrected chi connectivity index (χ2v) is 8.58. The zero-order chi connectivity index (χ0) is 23.6. The van der Waals surface area contributed by atoms with Crippen molar-refractivity contribution >= 4 is 54.0 Å². The number of rotatable bonds is 13. The highest BCUT2D eigenvalue weighted by atomic mass is 32.2. The van der Waals surface area contributed by atoms with Crippen molar-refractivity contribution in [1.82, 2.24) is 15.5 Å². The molecule has 0 spiro atoms. The third-order valence-corrected chi connectivity index (χ3v) is 5.93. The number of amides is 4. The van der Waals surface area contributed by atoms with Gasteiger partial charge >= 0.3 is 5.97 Å². The molecule has 0 bridgehead atoms. The van der Waals surface area contributed by atoms with Crippen molar-refractivity contribution < 1.29 is 29.1 Å². The van der Waals surface area contributed by atoms with Crippen LogP contribution in [0.2, 0.25) is 0 Å². The number of carboxylic acids is 1. The number of thiol groups is 1. The highest BCUT2D eigenvalue weighted by Crippen LogP contribution is 2.19. The van der Waals surface area contributed by atoms with Gasteiger partial charge in [-0.05, 0) is 37.7 Å². The summed E-state index contributed by atoms with van der Waals surface area (Å²) < 4.78 is 0. The van der Waals surface area contributed by atoms with Gasteiger partial charge in [0.2, 0.25) is 23.6 Å². The molecule has 13 heteroatoms. The van der Waals surface area contributed by atoms with Crippen molar-refractivity contribution in [2.75, 3.05) is 24.3 Å². The predicted octanol–water partition coefficient (Wildman–Crippen LogP) is -1.69. The van der Waals surface area contributed by atoms with Crippen molar-refractivity contribution in [2.24, 2.45) is 11.5 Å². The molecule has 4 unspecified atom stereocenters. The van der Waals surface area contributed by atoms with Crippen LogP contribution in [0, 0.1) is 0 Å². The van der Waals surface area contributed by atoms with E-state index in [9.17, 15) is 29.1 Å². The molecule has 1 fully saturated rings. The number of nitrogens with one attached hydrogen (secondary N) is 2. The third kappa shape index (κ3) is 8.57. The Morgan fingerprint density at radius 2 is 1.87 bits per heavy atom. The topological polar surface area (TPSA) is 185 Å². The number of carbonyl (C=O) groups excluding carboxylic acids is 4. The number of nitrogens with zero attached hydrogens (tertiary/aromatic N) is 1. The molecule has 7 N–H and O–H groups in total. The average molecular weight is 478 g/mol. The van der Waals surface area contributed by atoms with Crippen LogP contribution in [0.5, 0.6) is 0 Å². The van der Waals surface area contributed by atoms with E-state index < -0.39 is 53.8 Å². The van der Waals surface area contributed by atoms with E-state index in [1.54, 1.807) is 0 Å². The maximum atomic E-state index is 12.8. The van der Waals surface area contributed by atoms with E-state index in [-0.39, 0.29) is 25.0 Å². The van der Waals surface area contributed by atoms with Crippen LogP contribution in [0.15, 0.2) is 0 Å². The van der Waals surface area contributed by atoms with Crippen molar-refractivity contribution in [3.05, 3.63) is 0 Å². The Kier molecular flexibility index (Phi) is 11.7. The van der Waals surface area contributed by atoms with E-state index in [0.29, 0.717) is 25.1 Å². The zero-order valence-electron chi connectivity index (χ0n) is 17.4. The Labute approximate surface area is 190 Å². The largest absolute Gasteiger partial charge is 0.480 e. The highest BCUT2D eigenvalue weighted by Gasteiger charge is 2.37. The Bertz CT molecular complexity index is 680. The maximum absolute atomic E-state index is 12.8. The van der Waals surface area contributed by atoms with Crippen LogP contribution >= 0.6 is 24.4 Å². The Morgan fingerprint density at radius 1 is 1.19 bits per heavy atom. The van der Waals surface area contributed by atoms with Gasteiger partial charge in [-0.25, -0.2) is 4.79 Å². The lowest BCUT2D eigenvalue weighted by Gasteiger charge is -2.28. The smallest absolute Gasteiger partial charge is 0.326 e. The minimum absolute atomic E-state index is 0.0986. The fourth-order valence-corrected chi connectivity index (χ4v) is 3.81. The molecule has 1 aliphatic heterocycles. The number of primary amides is 1. The standard InChI is InChI=1S/C18H31N5O6S2/c1-31-8-6-12(18(28)29)22-15(25)11(4-5-14(20)24)21-16(26)13-3-2-7-23(13)17(27)10(19)9-30/h10-13,30H,2-9,19H2,1H3,(H2,20,24)(H,21,26)(H,22,25)(H,28,29). The van der Waals surface area contributed by atoms with Crippen molar-refractivity contribution in [1.29, 1.82) is 0 Å². The van der Waals surface area contributed by atoms with Crippen LogP contribution < -0.4 is 22.1 Å². The first-order chi connectivity index (χ1) is 14.6. The van der Waals surface area contributed by atoms with Gasteiger partial charge in [0.25, 0.3) is 0 Å². The van der Waals surface area contributed by atoms with E-state index in [2.05, 4.69) is 23.3 Å². The molecule has 1 heterocycles. The average Bonchev–Trinajstić information content (AvgIpc) is 3.22. The quantitative estimate of drug-likeness (QED) is 0.170. The van der Waals surface area contributed by atoms with Crippen molar-refractivity contribution in [2.45, 2.75) is 56.3 Å². The molecule has 0 saturated carbocycles. The summed E-state index contributed by atoms with van der Waals surface area (Å²) in [5, 5.41) is 14.3. The fourth-order valence-electron chi connectivity index (χ4n) is 3.18. The molecule has 1 rings (SSSR count). The molecule has 11 nitrogen and oxygen atoms in total. The molecule has 176 valence electrons. The molecule has 1 aliphatic rings. The van der Waals surface area contributed by atoms with E-state index >= 15 is 0 Å². The van der Waals surface area contributed by atoms with Crippen LogP contribution in [-0.4, -0.2) is 88.1 Å². The molecule has 0 radical (unpaired) electrons. The molecular formula is C18H31N5O6S2. The van der Waals surface area contributed by atoms with Crippen LogP contribution in [0.3, 0.4) is 0 Å². The minimum atomic E-state index is -1.20. The lowest BCUT2D eigenvalue weighted by molar-refractivity contribution is -0.143. The van der Waals surface area contributed by atoms with Gasteiger partial charge in [0.1, 0.15) is 18.1 Å². The van der Waals surface area contributed by atoms with Crippen LogP contribution in [0.25, 0.3) is 0 Å². The maximum Gasteiger partial charge on any atom is 0.326 e. The van der Waals surface area contributed by atoms with Gasteiger partial charge in [-0.1, -0.05) is 0 Å². The Balaban J connectivity index is 2.90. The molecular weight excluding hydrogens is 446 g/mol. The molecule has 31 heavy (non-hydrogen) atoms. The van der Waals surface area contributed by atoms with Gasteiger partial charge in [-0.2, -0.15) is 24.4 Å². The minimum Gasteiger partial charge on any atom is -0.480 e. The third-order valence-electron chi connectivity index (χ3n) is 4.89. The van der Waals surface area contributed by atoms with Crippen LogP contribution in [0.4, 0.5) is 0 Å². The number of hydrogen-bond donors (Lipinski definition) is 6. The van der Waals surface area contributed by atoms with Gasteiger partial charge in [0.05, 0.1) is 6.04 Å². The predicted molar refractivity (Wildman–Crippen MR) is 119 cm³/mol. The summed E-state index contributed by atoms with van der Waals surface area (Å²) in [5.74, 6) is -2.94. The number of hydrogen-bond acceptors (Lipinski definition) is 8. The molecule has 1 saturated heterocycles. The second kappa shape index (κ2) is 13.4. The first kappa shape index (κ1) is 27.0. The summed E-state index contributed by atoms with van der Waals surface area (Å²) in [6, 6.07) is -3.97. The first-order valence-corrected chi connectivity index (χ1v) is 11.9. The van der Waals surface area contributed by atoms with Gasteiger partial charge in [-0.15, -0.1) is 0 Å². The fraction of sp³-hybridized carbons (Fsp3) is 0.722. The van der Waals surface area contributed by atoms with E-state index in [0.717, 1.165) is 0 Å². The number of nitrogens with two attached hydrogens (primary N) is 2. The lowest BCUT2D eigenvalue weighted by atomic mass is 10.1. The summed E-state index contributed by atoms with van der Waals surface area (Å²) in [4.78, 5) is 61.9. The lowest BCUT2D eigenvalue weighted by Crippen LogP contribution is -2.57. The Hall–Kier alpha value is -1.99. The SMILES string of the molecule is CSCCC(NC(=O)C(CCC(N)=O)NC(=O)C1CCCN1C(=O)C(N)CS)C(=O)O. The molecule has 0 aromatic heterocycles. The molecule has 0 aromatic carbocycles. The van der Waals surface area contributed by atoms with Crippen molar-refractivity contribution in [3.63, 3.8) is 0 Å². The Morgan fingerprint density at radius 3 is 2.42 bits per heavy atom. The number of carboxylic acid groups (broad SMARTS) is 1. The van der Waals surface area contributed by atoms with Crippen LogP contribution in [0.1, 0.15) is 32.1 Å². The summed E-state index contributed by atoms with van der Waals surface area (Å²) in [7, 11) is 0. The summed E-state index contributed by atoms with van der Waals surface area (Å²) >= 11 is 5.44. The number of aliphatic carboxylic acids is 1. The molecule has 4 atom stereocenters. The highest BCUT2D eigenvalue weighted by molar-refractivity contribution is 7.98. The summed E-state index contributed by atoms with van der Waals surface area (Å²) in [6.07, 6.45) is 2.72. The summed E-state index contributed by atoms with van der Waals surface area (Å²) in [5.41, 5.74) is 10.9. The molecule has 0 aliphatic carbocycles. The zero-order valence-corrected chi connectivity index (χ0v) is 19.1. The van der Waals surface area contributed by atoms with Crippen molar-refractivity contribution in [3.8, 4) is 0 Å². The first-order valence-electron chi connectivity index (χ1n) is 9.90. The van der Waals surface area contributed by atoms with Gasteiger partial charge in [0.15, 0.2) is 0 Å². The normalized spacial score (nSPS) is 18.7. The number of thioether (sulfide) groups is 1. The number of carbonyl (C=O) groups is 5. The molecule has 4 amide bonds. The van der Waals surface area contributed by atoms with E-state index in [4.69, 9.17) is 11.5 Å². The summed E-state index contributed by atoms with van der Waals surface area (Å²) in [6.45, 7) is 0.353. The number of likely N-dealkylation sites (tertiary alicyclic amines) is 1. The van der Waals surface area contributed by atoms with Crippen LogP contribution in [-0.2, 0) is 24.0 Å². The monoisotopic (exact) mass is 477 g/mol. The molecule has 0 aromatic rings. The van der Waals surface area contributed by atoms with E-state index in [1.165, 1.54) is 16.7 Å². The second-order valence-electron chi connectivity index (χ2n) is 7.23. The van der Waals surface area contributed by atoms with Gasteiger partial charge in [0, 0.05) is 18.7 Å².